The Balaban J connectivity index is 1.82. The lowest BCUT2D eigenvalue weighted by Gasteiger charge is -2.11. The predicted octanol–water partition coefficient (Wildman–Crippen LogP) is 2.31. The molecule has 6 nitrogen and oxygen atoms in total. The van der Waals surface area contributed by atoms with Crippen molar-refractivity contribution in [2.75, 3.05) is 0 Å². The van der Waals surface area contributed by atoms with E-state index in [1.54, 1.807) is 12.3 Å². The van der Waals surface area contributed by atoms with E-state index in [9.17, 15) is 4.79 Å². The van der Waals surface area contributed by atoms with E-state index in [1.807, 2.05) is 35.7 Å². The fourth-order valence-corrected chi connectivity index (χ4v) is 2.34. The highest BCUT2D eigenvalue weighted by atomic mass is 79.9. The topological polar surface area (TPSA) is 75.1 Å². The lowest BCUT2D eigenvalue weighted by atomic mass is 10.3. The molecule has 0 aliphatic rings. The van der Waals surface area contributed by atoms with Gasteiger partial charge in [0.2, 0.25) is 0 Å². The molecule has 0 aliphatic heterocycles. The van der Waals surface area contributed by atoms with E-state index in [0.29, 0.717) is 11.5 Å². The van der Waals surface area contributed by atoms with Gasteiger partial charge in [-0.25, -0.2) is 0 Å². The molecule has 0 saturated heterocycles. The molecule has 2 N–H and O–H groups in total. The average Bonchev–Trinajstić information content (AvgIpc) is 3.04. The van der Waals surface area contributed by atoms with Crippen molar-refractivity contribution in [2.24, 2.45) is 0 Å². The third kappa shape index (κ3) is 2.32. The highest BCUT2D eigenvalue weighted by molar-refractivity contribution is 9.10. The van der Waals surface area contributed by atoms with E-state index in [1.165, 1.54) is 0 Å². The van der Waals surface area contributed by atoms with Gasteiger partial charge in [0.25, 0.3) is 5.91 Å². The Labute approximate surface area is 123 Å². The van der Waals surface area contributed by atoms with E-state index in [2.05, 4.69) is 36.4 Å². The number of halogens is 1. The molecule has 1 amide bonds. The van der Waals surface area contributed by atoms with Gasteiger partial charge in [-0.05, 0) is 41.1 Å². The molecule has 0 unspecified atom stereocenters. The van der Waals surface area contributed by atoms with Gasteiger partial charge in [0.1, 0.15) is 5.69 Å². The first-order valence-electron chi connectivity index (χ1n) is 6.09. The van der Waals surface area contributed by atoms with Crippen LogP contribution < -0.4 is 5.32 Å². The molecule has 3 aromatic rings. The molecule has 7 heteroatoms. The van der Waals surface area contributed by atoms with Crippen LogP contribution in [0.5, 0.6) is 0 Å². The third-order valence-electron chi connectivity index (χ3n) is 2.97. The Morgan fingerprint density at radius 3 is 3.05 bits per heavy atom. The first-order chi connectivity index (χ1) is 9.65. The molecule has 3 aromatic heterocycles. The summed E-state index contributed by atoms with van der Waals surface area (Å²) in [5.41, 5.74) is 1.25. The molecule has 1 atom stereocenters. The van der Waals surface area contributed by atoms with Crippen molar-refractivity contribution in [3.05, 3.63) is 52.7 Å². The SMILES string of the molecule is C[C@@H](NC(=O)c1cc(Br)c[nH]1)c1nnc2ccccn12. The van der Waals surface area contributed by atoms with Crippen LogP contribution in [-0.2, 0) is 0 Å². The first kappa shape index (κ1) is 12.9. The fourth-order valence-electron chi connectivity index (χ4n) is 1.99. The molecule has 0 bridgehead atoms. The number of hydrogen-bond acceptors (Lipinski definition) is 3. The van der Waals surface area contributed by atoms with Gasteiger partial charge in [-0.3, -0.25) is 9.20 Å². The van der Waals surface area contributed by atoms with Crippen LogP contribution in [0.25, 0.3) is 5.65 Å². The minimum Gasteiger partial charge on any atom is -0.356 e. The summed E-state index contributed by atoms with van der Waals surface area (Å²) in [4.78, 5) is 15.0. The fraction of sp³-hybridized carbons (Fsp3) is 0.154. The molecular weight excluding hydrogens is 322 g/mol. The molecule has 0 aromatic carbocycles. The Morgan fingerprint density at radius 2 is 2.30 bits per heavy atom. The van der Waals surface area contributed by atoms with Crippen molar-refractivity contribution in [1.29, 1.82) is 0 Å². The highest BCUT2D eigenvalue weighted by Gasteiger charge is 2.17. The Kier molecular flexibility index (Phi) is 3.27. The van der Waals surface area contributed by atoms with Gasteiger partial charge in [-0.15, -0.1) is 10.2 Å². The van der Waals surface area contributed by atoms with Crippen molar-refractivity contribution in [1.82, 2.24) is 24.9 Å². The molecule has 3 rings (SSSR count). The van der Waals surface area contributed by atoms with E-state index >= 15 is 0 Å². The van der Waals surface area contributed by atoms with Gasteiger partial charge in [-0.2, -0.15) is 0 Å². The molecule has 0 fully saturated rings. The number of pyridine rings is 1. The smallest absolute Gasteiger partial charge is 0.268 e. The second-order valence-electron chi connectivity index (χ2n) is 4.41. The average molecular weight is 334 g/mol. The largest absolute Gasteiger partial charge is 0.356 e. The summed E-state index contributed by atoms with van der Waals surface area (Å²) >= 11 is 3.30. The summed E-state index contributed by atoms with van der Waals surface area (Å²) in [5, 5.41) is 11.1. The number of H-pyrrole nitrogens is 1. The quantitative estimate of drug-likeness (QED) is 0.772. The standard InChI is InChI=1S/C13H12BrN5O/c1-8(16-13(20)10-6-9(14)7-15-10)12-18-17-11-4-2-3-5-19(11)12/h2-8,15H,1H3,(H,16,20)/t8-/m1/s1. The van der Waals surface area contributed by atoms with E-state index in [4.69, 9.17) is 0 Å². The van der Waals surface area contributed by atoms with Gasteiger partial charge in [0.05, 0.1) is 6.04 Å². The summed E-state index contributed by atoms with van der Waals surface area (Å²) < 4.78 is 2.69. The molecule has 102 valence electrons. The zero-order chi connectivity index (χ0) is 14.1. The summed E-state index contributed by atoms with van der Waals surface area (Å²) in [6.45, 7) is 1.87. The lowest BCUT2D eigenvalue weighted by Crippen LogP contribution is -2.28. The maximum atomic E-state index is 12.1. The highest BCUT2D eigenvalue weighted by Crippen LogP contribution is 2.14. The number of rotatable bonds is 3. The number of nitrogens with zero attached hydrogens (tertiary/aromatic N) is 3. The van der Waals surface area contributed by atoms with Gasteiger partial charge >= 0.3 is 0 Å². The van der Waals surface area contributed by atoms with Crippen LogP contribution in [0.2, 0.25) is 0 Å². The summed E-state index contributed by atoms with van der Waals surface area (Å²) in [7, 11) is 0. The van der Waals surface area contributed by atoms with Crippen LogP contribution in [0, 0.1) is 0 Å². The van der Waals surface area contributed by atoms with Crippen LogP contribution in [0.1, 0.15) is 29.3 Å². The van der Waals surface area contributed by atoms with Crippen LogP contribution >= 0.6 is 15.9 Å². The number of aromatic amines is 1. The van der Waals surface area contributed by atoms with Crippen molar-refractivity contribution in [2.45, 2.75) is 13.0 Å². The zero-order valence-corrected chi connectivity index (χ0v) is 12.3. The summed E-state index contributed by atoms with van der Waals surface area (Å²) in [5.74, 6) is 0.510. The first-order valence-corrected chi connectivity index (χ1v) is 6.89. The molecule has 20 heavy (non-hydrogen) atoms. The number of aromatic nitrogens is 4. The molecular formula is C13H12BrN5O. The second kappa shape index (κ2) is 5.09. The van der Waals surface area contributed by atoms with Gasteiger partial charge in [-0.1, -0.05) is 6.07 Å². The number of hydrogen-bond donors (Lipinski definition) is 2. The van der Waals surface area contributed by atoms with Crippen molar-refractivity contribution in [3.8, 4) is 0 Å². The zero-order valence-electron chi connectivity index (χ0n) is 10.7. The number of carbonyl (C=O) groups excluding carboxylic acids is 1. The van der Waals surface area contributed by atoms with Crippen molar-refractivity contribution >= 4 is 27.5 Å². The number of nitrogens with one attached hydrogen (secondary N) is 2. The Hall–Kier alpha value is -2.15. The maximum absolute atomic E-state index is 12.1. The van der Waals surface area contributed by atoms with Crippen LogP contribution in [0.4, 0.5) is 0 Å². The monoisotopic (exact) mass is 333 g/mol. The van der Waals surface area contributed by atoms with Gasteiger partial charge < -0.3 is 10.3 Å². The van der Waals surface area contributed by atoms with E-state index in [-0.39, 0.29) is 11.9 Å². The van der Waals surface area contributed by atoms with Crippen molar-refractivity contribution < 1.29 is 4.79 Å². The van der Waals surface area contributed by atoms with E-state index < -0.39 is 0 Å². The number of amides is 1. The van der Waals surface area contributed by atoms with Gasteiger partial charge in [0, 0.05) is 16.9 Å². The maximum Gasteiger partial charge on any atom is 0.268 e. The number of carbonyl (C=O) groups is 1. The Bertz CT molecular complexity index is 763. The van der Waals surface area contributed by atoms with Crippen molar-refractivity contribution in [3.63, 3.8) is 0 Å². The molecule has 0 saturated carbocycles. The second-order valence-corrected chi connectivity index (χ2v) is 5.33. The third-order valence-corrected chi connectivity index (χ3v) is 3.43. The summed E-state index contributed by atoms with van der Waals surface area (Å²) in [6, 6.07) is 7.14. The van der Waals surface area contributed by atoms with Crippen LogP contribution in [0.3, 0.4) is 0 Å². The van der Waals surface area contributed by atoms with Crippen LogP contribution in [-0.4, -0.2) is 25.5 Å². The minimum absolute atomic E-state index is 0.184. The normalized spacial score (nSPS) is 12.5. The number of fused-ring (bicyclic) bond motifs is 1. The van der Waals surface area contributed by atoms with E-state index in [0.717, 1.165) is 10.1 Å². The Morgan fingerprint density at radius 1 is 1.45 bits per heavy atom. The molecule has 0 radical (unpaired) electrons. The van der Waals surface area contributed by atoms with Crippen LogP contribution in [0.15, 0.2) is 41.1 Å². The predicted molar refractivity (Wildman–Crippen MR) is 77.4 cm³/mol. The lowest BCUT2D eigenvalue weighted by molar-refractivity contribution is 0.0933. The molecule has 3 heterocycles. The molecule has 0 aliphatic carbocycles. The molecule has 0 spiro atoms. The summed E-state index contributed by atoms with van der Waals surface area (Å²) in [6.07, 6.45) is 3.59. The van der Waals surface area contributed by atoms with Gasteiger partial charge in [0.15, 0.2) is 11.5 Å². The minimum atomic E-state index is -0.248.